The molecule has 0 radical (unpaired) electrons. The number of halogens is 2. The summed E-state index contributed by atoms with van der Waals surface area (Å²) in [6.45, 7) is -1.12. The molecule has 1 aromatic carbocycles. The van der Waals surface area contributed by atoms with Crippen LogP contribution in [-0.4, -0.2) is 58.9 Å². The Labute approximate surface area is 237 Å². The zero-order chi connectivity index (χ0) is 29.1. The molecule has 9 nitrogen and oxygen atoms in total. The lowest BCUT2D eigenvalue weighted by molar-refractivity contribution is -0.140. The number of likely N-dealkylation sites (tertiary alicyclic amines) is 1. The number of benzene rings is 1. The molecule has 1 saturated heterocycles. The highest BCUT2D eigenvalue weighted by Gasteiger charge is 2.52. The Hall–Kier alpha value is -4.20. The van der Waals surface area contributed by atoms with Gasteiger partial charge >= 0.3 is 6.61 Å². The molecule has 3 fully saturated rings. The summed E-state index contributed by atoms with van der Waals surface area (Å²) in [5.74, 6) is 1.50. The number of ether oxygens (including phenoxy) is 2. The van der Waals surface area contributed by atoms with Crippen LogP contribution in [0.5, 0.6) is 11.5 Å². The van der Waals surface area contributed by atoms with Gasteiger partial charge in [0.15, 0.2) is 17.0 Å². The lowest BCUT2D eigenvalue weighted by Crippen LogP contribution is -2.56. The second-order valence-electron chi connectivity index (χ2n) is 10.8. The molecule has 2 heterocycles. The van der Waals surface area contributed by atoms with Crippen molar-refractivity contribution in [1.82, 2.24) is 20.5 Å². The van der Waals surface area contributed by atoms with E-state index in [9.17, 15) is 23.2 Å². The molecule has 3 amide bonds. The topological polar surface area (TPSA) is 110 Å². The number of terminal acetylenes is 1. The molecule has 3 aliphatic rings. The van der Waals surface area contributed by atoms with E-state index in [1.54, 1.807) is 30.3 Å². The zero-order valence-electron chi connectivity index (χ0n) is 22.7. The van der Waals surface area contributed by atoms with Crippen molar-refractivity contribution in [1.29, 1.82) is 0 Å². The Morgan fingerprint density at radius 2 is 1.95 bits per heavy atom. The van der Waals surface area contributed by atoms with Crippen LogP contribution in [0, 0.1) is 18.3 Å². The molecule has 0 spiro atoms. The van der Waals surface area contributed by atoms with Gasteiger partial charge < -0.3 is 25.0 Å². The first-order chi connectivity index (χ1) is 19.7. The van der Waals surface area contributed by atoms with Crippen LogP contribution >= 0.6 is 0 Å². The van der Waals surface area contributed by atoms with Gasteiger partial charge in [-0.1, -0.05) is 18.1 Å². The fourth-order valence-electron chi connectivity index (χ4n) is 5.03. The smallest absolute Gasteiger partial charge is 0.387 e. The standard InChI is InChI=1S/C30H32F2N4O5/c1-3-30(28(39)33-15-23-5-4-6-24(34-23)27(38)35-22-10-11-22)14-21(16-36(30)18(2)37)20-9-12-25(41-29(31)32)26(13-20)40-17-19-7-8-19/h1,4-6,9,12-13,19,21-22,29H,7-8,10-11,14-17H2,2H3,(H,33,39)(H,35,38)/t21?,30-/m1/s1. The van der Waals surface area contributed by atoms with E-state index < -0.39 is 18.1 Å². The van der Waals surface area contributed by atoms with E-state index >= 15 is 0 Å². The minimum Gasteiger partial charge on any atom is -0.489 e. The third-order valence-corrected chi connectivity index (χ3v) is 7.61. The number of rotatable bonds is 11. The highest BCUT2D eigenvalue weighted by Crippen LogP contribution is 2.42. The van der Waals surface area contributed by atoms with Crippen LogP contribution in [0.1, 0.15) is 66.7 Å². The number of nitrogens with one attached hydrogen (secondary N) is 2. The second-order valence-corrected chi connectivity index (χ2v) is 10.8. The average Bonchev–Trinajstić information content (AvgIpc) is 3.89. The van der Waals surface area contributed by atoms with Gasteiger partial charge in [-0.3, -0.25) is 14.4 Å². The van der Waals surface area contributed by atoms with Crippen LogP contribution in [-0.2, 0) is 16.1 Å². The van der Waals surface area contributed by atoms with E-state index in [1.165, 1.54) is 17.9 Å². The molecule has 2 atom stereocenters. The molecule has 1 aliphatic heterocycles. The minimum atomic E-state index is -3.01. The first kappa shape index (κ1) is 28.3. The number of pyridine rings is 1. The Balaban J connectivity index is 1.32. The number of hydrogen-bond donors (Lipinski definition) is 2. The third kappa shape index (κ3) is 6.59. The molecular formula is C30H32F2N4O5. The van der Waals surface area contributed by atoms with Gasteiger partial charge in [-0.2, -0.15) is 8.78 Å². The largest absolute Gasteiger partial charge is 0.489 e. The SMILES string of the molecule is C#C[C@]1(C(=O)NCc2cccc(C(=O)NC3CC3)n2)CC(c2ccc(OC(F)F)c(OCC3CC3)c2)CN1C(C)=O. The van der Waals surface area contributed by atoms with Gasteiger partial charge in [0.1, 0.15) is 5.69 Å². The first-order valence-corrected chi connectivity index (χ1v) is 13.7. The number of nitrogens with zero attached hydrogens (tertiary/aromatic N) is 2. The van der Waals surface area contributed by atoms with E-state index in [-0.39, 0.29) is 60.5 Å². The molecule has 41 heavy (non-hydrogen) atoms. The van der Waals surface area contributed by atoms with Crippen LogP contribution < -0.4 is 20.1 Å². The molecule has 0 bridgehead atoms. The van der Waals surface area contributed by atoms with E-state index in [4.69, 9.17) is 11.2 Å². The summed E-state index contributed by atoms with van der Waals surface area (Å²) in [6, 6.07) is 9.81. The summed E-state index contributed by atoms with van der Waals surface area (Å²) >= 11 is 0. The summed E-state index contributed by atoms with van der Waals surface area (Å²) in [4.78, 5) is 44.3. The number of carbonyl (C=O) groups excluding carboxylic acids is 3. The highest BCUT2D eigenvalue weighted by molar-refractivity contribution is 5.95. The number of hydrogen-bond acceptors (Lipinski definition) is 6. The highest BCUT2D eigenvalue weighted by atomic mass is 19.3. The first-order valence-electron chi connectivity index (χ1n) is 13.7. The summed E-state index contributed by atoms with van der Waals surface area (Å²) in [5.41, 5.74) is -0.180. The maximum Gasteiger partial charge on any atom is 0.387 e. The van der Waals surface area contributed by atoms with Gasteiger partial charge in [0.2, 0.25) is 5.91 Å². The van der Waals surface area contributed by atoms with Crippen molar-refractivity contribution >= 4 is 17.7 Å². The Morgan fingerprint density at radius 1 is 1.17 bits per heavy atom. The average molecular weight is 567 g/mol. The molecule has 216 valence electrons. The molecule has 2 saturated carbocycles. The van der Waals surface area contributed by atoms with Gasteiger partial charge in [0.25, 0.3) is 11.8 Å². The predicted octanol–water partition coefficient (Wildman–Crippen LogP) is 3.39. The summed E-state index contributed by atoms with van der Waals surface area (Å²) < 4.78 is 36.4. The number of alkyl halides is 2. The summed E-state index contributed by atoms with van der Waals surface area (Å²) in [7, 11) is 0. The number of aromatic nitrogens is 1. The predicted molar refractivity (Wildman–Crippen MR) is 144 cm³/mol. The van der Waals surface area contributed by atoms with Crippen LogP contribution in [0.3, 0.4) is 0 Å². The molecule has 1 unspecified atom stereocenters. The van der Waals surface area contributed by atoms with E-state index in [0.29, 0.717) is 23.8 Å². The van der Waals surface area contributed by atoms with E-state index in [1.807, 2.05) is 0 Å². The second kappa shape index (κ2) is 11.7. The fourth-order valence-corrected chi connectivity index (χ4v) is 5.03. The molecule has 1 aromatic heterocycles. The monoisotopic (exact) mass is 566 g/mol. The maximum atomic E-state index is 13.6. The lowest BCUT2D eigenvalue weighted by atomic mass is 9.88. The fraction of sp³-hybridized carbons (Fsp3) is 0.467. The van der Waals surface area contributed by atoms with Crippen LogP contribution in [0.2, 0.25) is 0 Å². The zero-order valence-corrected chi connectivity index (χ0v) is 22.7. The Bertz CT molecular complexity index is 1370. The van der Waals surface area contributed by atoms with Crippen molar-refractivity contribution in [2.75, 3.05) is 13.2 Å². The van der Waals surface area contributed by atoms with Crippen molar-refractivity contribution in [3.63, 3.8) is 0 Å². The van der Waals surface area contributed by atoms with Gasteiger partial charge in [-0.15, -0.1) is 6.42 Å². The van der Waals surface area contributed by atoms with Crippen molar-refractivity contribution in [2.45, 2.75) is 69.7 Å². The van der Waals surface area contributed by atoms with Crippen LogP contribution in [0.25, 0.3) is 0 Å². The molecule has 5 rings (SSSR count). The van der Waals surface area contributed by atoms with Gasteiger partial charge in [0.05, 0.1) is 18.8 Å². The quantitative estimate of drug-likeness (QED) is 0.404. The lowest BCUT2D eigenvalue weighted by Gasteiger charge is -2.31. The van der Waals surface area contributed by atoms with Gasteiger partial charge in [-0.05, 0) is 67.9 Å². The molecule has 11 heteroatoms. The van der Waals surface area contributed by atoms with Gasteiger partial charge in [0, 0.05) is 25.4 Å². The number of carbonyl (C=O) groups is 3. The Kier molecular flexibility index (Phi) is 8.10. The number of amides is 3. The van der Waals surface area contributed by atoms with E-state index in [0.717, 1.165) is 25.7 Å². The minimum absolute atomic E-state index is 0.00203. The van der Waals surface area contributed by atoms with Crippen molar-refractivity contribution < 1.29 is 32.6 Å². The van der Waals surface area contributed by atoms with Crippen LogP contribution in [0.15, 0.2) is 36.4 Å². The summed E-state index contributed by atoms with van der Waals surface area (Å²) in [5, 5.41) is 5.67. The molecule has 2 aliphatic carbocycles. The Morgan fingerprint density at radius 3 is 2.61 bits per heavy atom. The van der Waals surface area contributed by atoms with E-state index in [2.05, 4.69) is 26.3 Å². The van der Waals surface area contributed by atoms with Crippen molar-refractivity contribution in [3.8, 4) is 23.8 Å². The van der Waals surface area contributed by atoms with Crippen LogP contribution in [0.4, 0.5) is 8.78 Å². The van der Waals surface area contributed by atoms with Gasteiger partial charge in [-0.25, -0.2) is 4.98 Å². The molecular weight excluding hydrogens is 534 g/mol. The van der Waals surface area contributed by atoms with Crippen molar-refractivity contribution in [2.24, 2.45) is 5.92 Å². The third-order valence-electron chi connectivity index (χ3n) is 7.61. The normalized spacial score (nSPS) is 21.7. The molecule has 2 aromatic rings. The maximum absolute atomic E-state index is 13.6. The van der Waals surface area contributed by atoms with Crippen molar-refractivity contribution in [3.05, 3.63) is 53.3 Å². The summed E-state index contributed by atoms with van der Waals surface area (Å²) in [6.07, 6.45) is 9.98. The molecule has 2 N–H and O–H groups in total.